The number of hydrogen-bond acceptors (Lipinski definition) is 8. The molecule has 1 saturated heterocycles. The largest absolute Gasteiger partial charge is 0.445 e. The van der Waals surface area contributed by atoms with E-state index < -0.39 is 12.2 Å². The van der Waals surface area contributed by atoms with E-state index in [1.54, 1.807) is 36.6 Å². The van der Waals surface area contributed by atoms with E-state index in [1.807, 2.05) is 61.5 Å². The monoisotopic (exact) mass is 618 g/mol. The zero-order valence-electron chi connectivity index (χ0n) is 25.6. The molecule has 2 atom stereocenters. The molecule has 2 amide bonds. The SMILES string of the molecule is C=C(C)OC(=O)N1CCC[C@H]1c1ncc(-c2cnc(-c3ccc(-c4cnc([C@H](C)NC(=O)OCc5ccccc5)[nH]4)cc3)nc2)[nH]1. The molecule has 0 saturated carbocycles. The summed E-state index contributed by atoms with van der Waals surface area (Å²) < 4.78 is 10.5. The van der Waals surface area contributed by atoms with Crippen molar-refractivity contribution in [1.82, 2.24) is 40.1 Å². The van der Waals surface area contributed by atoms with Gasteiger partial charge in [0.2, 0.25) is 0 Å². The third-order valence-electron chi connectivity index (χ3n) is 7.63. The average molecular weight is 619 g/mol. The van der Waals surface area contributed by atoms with Crippen LogP contribution < -0.4 is 5.32 Å². The van der Waals surface area contributed by atoms with Gasteiger partial charge in [0.1, 0.15) is 18.3 Å². The maximum atomic E-state index is 12.5. The van der Waals surface area contributed by atoms with Crippen LogP contribution in [0, 0.1) is 0 Å². The van der Waals surface area contributed by atoms with Gasteiger partial charge in [-0.3, -0.25) is 4.90 Å². The number of likely N-dealkylation sites (tertiary alicyclic amines) is 1. The number of carbonyl (C=O) groups excluding carboxylic acids is 2. The maximum absolute atomic E-state index is 12.5. The summed E-state index contributed by atoms with van der Waals surface area (Å²) in [5.41, 5.74) is 5.06. The van der Waals surface area contributed by atoms with Crippen molar-refractivity contribution in [1.29, 1.82) is 0 Å². The van der Waals surface area contributed by atoms with E-state index in [9.17, 15) is 9.59 Å². The smallest absolute Gasteiger partial charge is 0.415 e. The number of amides is 2. The molecular weight excluding hydrogens is 584 g/mol. The van der Waals surface area contributed by atoms with Crippen LogP contribution in [-0.2, 0) is 16.1 Å². The zero-order valence-corrected chi connectivity index (χ0v) is 25.6. The Morgan fingerprint density at radius 1 is 0.935 bits per heavy atom. The van der Waals surface area contributed by atoms with E-state index in [0.29, 0.717) is 29.8 Å². The minimum Gasteiger partial charge on any atom is -0.445 e. The molecule has 0 radical (unpaired) electrons. The molecule has 4 heterocycles. The number of benzene rings is 2. The number of nitrogens with zero attached hydrogens (tertiary/aromatic N) is 5. The number of rotatable bonds is 9. The van der Waals surface area contributed by atoms with Crippen LogP contribution in [-0.4, -0.2) is 53.5 Å². The standard InChI is InChI=1S/C34H34N8O4/c1-21(2)46-34(44)42-15-7-10-29(42)32-38-19-28(41-32)26-16-35-31(36-17-26)25-13-11-24(12-14-25)27-18-37-30(40-27)22(3)39-33(43)45-20-23-8-5-4-6-9-23/h4-6,8-9,11-14,16-19,22,29H,1,7,10,15,20H2,2-3H3,(H,37,40)(H,38,41)(H,39,43)/t22-,29-/m0/s1. The van der Waals surface area contributed by atoms with Gasteiger partial charge in [-0.15, -0.1) is 0 Å². The molecule has 12 heteroatoms. The van der Waals surface area contributed by atoms with Gasteiger partial charge in [-0.25, -0.2) is 29.5 Å². The lowest BCUT2D eigenvalue weighted by molar-refractivity contribution is 0.123. The van der Waals surface area contributed by atoms with Crippen LogP contribution in [0.25, 0.3) is 33.9 Å². The first kappa shape index (κ1) is 30.3. The fraction of sp³-hybridized carbons (Fsp3) is 0.235. The van der Waals surface area contributed by atoms with Crippen molar-refractivity contribution in [2.45, 2.75) is 45.4 Å². The summed E-state index contributed by atoms with van der Waals surface area (Å²) in [5, 5.41) is 2.80. The topological polar surface area (TPSA) is 151 Å². The highest BCUT2D eigenvalue weighted by Gasteiger charge is 2.33. The van der Waals surface area contributed by atoms with Crippen molar-refractivity contribution in [3.05, 3.63) is 109 Å². The molecule has 1 aliphatic heterocycles. The summed E-state index contributed by atoms with van der Waals surface area (Å²) in [5.74, 6) is 2.25. The molecule has 2 aromatic carbocycles. The first-order chi connectivity index (χ1) is 22.3. The van der Waals surface area contributed by atoms with E-state index >= 15 is 0 Å². The average Bonchev–Trinajstić information content (AvgIpc) is 3.86. The highest BCUT2D eigenvalue weighted by atomic mass is 16.6. The molecule has 3 aromatic heterocycles. The van der Waals surface area contributed by atoms with Gasteiger partial charge in [0.05, 0.1) is 41.6 Å². The van der Waals surface area contributed by atoms with Crippen LogP contribution in [0.5, 0.6) is 0 Å². The first-order valence-corrected chi connectivity index (χ1v) is 15.0. The molecule has 234 valence electrons. The van der Waals surface area contributed by atoms with Crippen LogP contribution in [0.3, 0.4) is 0 Å². The highest BCUT2D eigenvalue weighted by molar-refractivity contribution is 5.70. The Hall–Kier alpha value is -5.78. The number of H-pyrrole nitrogens is 2. The molecule has 5 aromatic rings. The first-order valence-electron chi connectivity index (χ1n) is 15.0. The highest BCUT2D eigenvalue weighted by Crippen LogP contribution is 2.32. The molecule has 12 nitrogen and oxygen atoms in total. The second-order valence-electron chi connectivity index (χ2n) is 11.1. The normalized spacial score (nSPS) is 14.9. The van der Waals surface area contributed by atoms with Crippen molar-refractivity contribution in [2.24, 2.45) is 0 Å². The molecule has 1 fully saturated rings. The molecule has 6 rings (SSSR count). The van der Waals surface area contributed by atoms with E-state index in [-0.39, 0.29) is 18.7 Å². The predicted molar refractivity (Wildman–Crippen MR) is 171 cm³/mol. The number of carbonyl (C=O) groups is 2. The van der Waals surface area contributed by atoms with Crippen molar-refractivity contribution >= 4 is 12.2 Å². The molecule has 0 unspecified atom stereocenters. The van der Waals surface area contributed by atoms with Crippen LogP contribution >= 0.6 is 0 Å². The molecule has 0 spiro atoms. The fourth-order valence-corrected chi connectivity index (χ4v) is 5.26. The minimum absolute atomic E-state index is 0.189. The van der Waals surface area contributed by atoms with Crippen LogP contribution in [0.1, 0.15) is 56.0 Å². The lowest BCUT2D eigenvalue weighted by Gasteiger charge is -2.22. The van der Waals surface area contributed by atoms with Gasteiger partial charge in [-0.2, -0.15) is 0 Å². The Morgan fingerprint density at radius 3 is 2.37 bits per heavy atom. The predicted octanol–water partition coefficient (Wildman–Crippen LogP) is 6.72. The van der Waals surface area contributed by atoms with Gasteiger partial charge in [0.25, 0.3) is 0 Å². The van der Waals surface area contributed by atoms with Crippen LogP contribution in [0.15, 0.2) is 91.7 Å². The molecule has 46 heavy (non-hydrogen) atoms. The lowest BCUT2D eigenvalue weighted by atomic mass is 10.1. The van der Waals surface area contributed by atoms with Crippen LogP contribution in [0.4, 0.5) is 9.59 Å². The summed E-state index contributed by atoms with van der Waals surface area (Å²) in [7, 11) is 0. The number of alkyl carbamates (subject to hydrolysis) is 1. The van der Waals surface area contributed by atoms with Gasteiger partial charge in [-0.05, 0) is 37.8 Å². The molecule has 1 aliphatic rings. The fourth-order valence-electron chi connectivity index (χ4n) is 5.26. The second-order valence-corrected chi connectivity index (χ2v) is 11.1. The van der Waals surface area contributed by atoms with E-state index in [4.69, 9.17) is 9.47 Å². The Bertz CT molecular complexity index is 1820. The Morgan fingerprint density at radius 2 is 1.63 bits per heavy atom. The number of allylic oxidation sites excluding steroid dienone is 1. The van der Waals surface area contributed by atoms with Crippen molar-refractivity contribution in [2.75, 3.05) is 6.54 Å². The number of aromatic nitrogens is 6. The lowest BCUT2D eigenvalue weighted by Crippen LogP contribution is -2.31. The Labute approximate surface area is 266 Å². The Balaban J connectivity index is 1.06. The summed E-state index contributed by atoms with van der Waals surface area (Å²) in [6, 6.07) is 16.8. The Kier molecular flexibility index (Phi) is 8.86. The van der Waals surface area contributed by atoms with E-state index in [1.165, 1.54) is 0 Å². The molecule has 0 aliphatic carbocycles. The number of ether oxygens (including phenoxy) is 2. The van der Waals surface area contributed by atoms with Gasteiger partial charge >= 0.3 is 12.2 Å². The summed E-state index contributed by atoms with van der Waals surface area (Å²) in [6.45, 7) is 7.94. The van der Waals surface area contributed by atoms with Gasteiger partial charge in [0.15, 0.2) is 5.82 Å². The third-order valence-corrected chi connectivity index (χ3v) is 7.63. The van der Waals surface area contributed by atoms with Gasteiger partial charge < -0.3 is 24.8 Å². The summed E-state index contributed by atoms with van der Waals surface area (Å²) in [6.07, 6.45) is 7.69. The molecule has 3 N–H and O–H groups in total. The molecular formula is C34H34N8O4. The van der Waals surface area contributed by atoms with Crippen molar-refractivity contribution < 1.29 is 19.1 Å². The maximum Gasteiger partial charge on any atom is 0.415 e. The summed E-state index contributed by atoms with van der Waals surface area (Å²) in [4.78, 5) is 51.1. The minimum atomic E-state index is -0.515. The van der Waals surface area contributed by atoms with E-state index in [2.05, 4.69) is 41.8 Å². The number of nitrogens with one attached hydrogen (secondary N) is 3. The van der Waals surface area contributed by atoms with E-state index in [0.717, 1.165) is 46.5 Å². The number of imidazole rings is 2. The second kappa shape index (κ2) is 13.5. The third kappa shape index (κ3) is 6.96. The number of aromatic amines is 2. The molecule has 0 bridgehead atoms. The summed E-state index contributed by atoms with van der Waals surface area (Å²) >= 11 is 0. The van der Waals surface area contributed by atoms with Crippen LogP contribution in [0.2, 0.25) is 0 Å². The number of hydrogen-bond donors (Lipinski definition) is 3. The van der Waals surface area contributed by atoms with Gasteiger partial charge in [0, 0.05) is 30.1 Å². The van der Waals surface area contributed by atoms with Crippen molar-refractivity contribution in [3.8, 4) is 33.9 Å². The zero-order chi connectivity index (χ0) is 32.0. The van der Waals surface area contributed by atoms with Gasteiger partial charge in [-0.1, -0.05) is 61.2 Å². The quantitative estimate of drug-likeness (QED) is 0.154. The van der Waals surface area contributed by atoms with Crippen molar-refractivity contribution in [3.63, 3.8) is 0 Å².